The van der Waals surface area contributed by atoms with Crippen LogP contribution in [0, 0.1) is 0 Å². The quantitative estimate of drug-likeness (QED) is 0.640. The van der Waals surface area contributed by atoms with Crippen molar-refractivity contribution in [2.24, 2.45) is 0 Å². The molecular formula is C13H24N4O3. The molecule has 7 nitrogen and oxygen atoms in total. The van der Waals surface area contributed by atoms with E-state index in [9.17, 15) is 9.59 Å². The van der Waals surface area contributed by atoms with Gasteiger partial charge in [-0.25, -0.2) is 4.79 Å². The summed E-state index contributed by atoms with van der Waals surface area (Å²) in [4.78, 5) is 19.4. The number of amides is 2. The Morgan fingerprint density at radius 3 is 2.15 bits per heavy atom. The largest absolute Gasteiger partial charge is 0.465 e. The highest BCUT2D eigenvalue weighted by atomic mass is 16.4. The Morgan fingerprint density at radius 2 is 1.90 bits per heavy atom. The summed E-state index contributed by atoms with van der Waals surface area (Å²) in [6.45, 7) is 3.54. The molecule has 20 heavy (non-hydrogen) atoms. The number of aromatic nitrogens is 2. The second-order valence-corrected chi connectivity index (χ2v) is 4.60. The van der Waals surface area contributed by atoms with E-state index >= 15 is 0 Å². The van der Waals surface area contributed by atoms with Gasteiger partial charge in [-0.1, -0.05) is 32.1 Å². The number of rotatable bonds is 3. The molecule has 1 aliphatic rings. The zero-order valence-electron chi connectivity index (χ0n) is 12.1. The Morgan fingerprint density at radius 1 is 1.35 bits per heavy atom. The molecule has 4 N–H and O–H groups in total. The molecule has 0 bridgehead atoms. The summed E-state index contributed by atoms with van der Waals surface area (Å²) < 4.78 is 0. The Balaban J connectivity index is 0.000000278. The molecule has 0 atom stereocenters. The molecule has 0 radical (unpaired) electrons. The first-order valence-electron chi connectivity index (χ1n) is 6.75. The van der Waals surface area contributed by atoms with Crippen molar-refractivity contribution in [1.82, 2.24) is 15.5 Å². The van der Waals surface area contributed by atoms with Crippen LogP contribution in [-0.4, -0.2) is 33.8 Å². The van der Waals surface area contributed by atoms with E-state index in [0.717, 1.165) is 0 Å². The molecule has 1 saturated carbocycles. The van der Waals surface area contributed by atoms with Crippen molar-refractivity contribution in [3.63, 3.8) is 0 Å². The number of carboxylic acid groups (broad SMARTS) is 1. The number of carbonyl (C=O) groups excluding carboxylic acids is 1. The lowest BCUT2D eigenvalue weighted by Crippen LogP contribution is -2.27. The van der Waals surface area contributed by atoms with Crippen molar-refractivity contribution in [1.29, 1.82) is 0 Å². The van der Waals surface area contributed by atoms with Crippen molar-refractivity contribution in [2.45, 2.75) is 52.0 Å². The van der Waals surface area contributed by atoms with E-state index in [1.165, 1.54) is 32.1 Å². The molecule has 1 heterocycles. The first kappa shape index (κ1) is 17.9. The van der Waals surface area contributed by atoms with Gasteiger partial charge < -0.3 is 15.7 Å². The fourth-order valence-electron chi connectivity index (χ4n) is 1.53. The average molecular weight is 284 g/mol. The fourth-order valence-corrected chi connectivity index (χ4v) is 1.53. The van der Waals surface area contributed by atoms with E-state index in [1.807, 2.05) is 0 Å². The van der Waals surface area contributed by atoms with Crippen LogP contribution in [0.25, 0.3) is 0 Å². The molecule has 1 aromatic heterocycles. The smallest absolute Gasteiger partial charge is 0.404 e. The maximum absolute atomic E-state index is 9.71. The molecule has 2 amide bonds. The second kappa shape index (κ2) is 12.0. The SMILES string of the molecule is C1CCCC1.CC(C)NC(=O)O.O=CNc1ccn[nH]1. The van der Waals surface area contributed by atoms with E-state index in [-0.39, 0.29) is 6.04 Å². The van der Waals surface area contributed by atoms with E-state index < -0.39 is 6.09 Å². The molecule has 1 aromatic rings. The van der Waals surface area contributed by atoms with Gasteiger partial charge in [-0.3, -0.25) is 9.89 Å². The molecule has 2 rings (SSSR count). The second-order valence-electron chi connectivity index (χ2n) is 4.60. The van der Waals surface area contributed by atoms with Crippen molar-refractivity contribution < 1.29 is 14.7 Å². The van der Waals surface area contributed by atoms with Crippen molar-refractivity contribution in [2.75, 3.05) is 5.32 Å². The first-order valence-corrected chi connectivity index (χ1v) is 6.75. The van der Waals surface area contributed by atoms with Gasteiger partial charge in [-0.2, -0.15) is 5.10 Å². The number of hydrogen-bond acceptors (Lipinski definition) is 3. The van der Waals surface area contributed by atoms with Gasteiger partial charge >= 0.3 is 6.09 Å². The van der Waals surface area contributed by atoms with Gasteiger partial charge in [0.05, 0.1) is 6.20 Å². The summed E-state index contributed by atoms with van der Waals surface area (Å²) in [6, 6.07) is 1.69. The fraction of sp³-hybridized carbons (Fsp3) is 0.615. The van der Waals surface area contributed by atoms with Gasteiger partial charge in [-0.05, 0) is 13.8 Å². The maximum Gasteiger partial charge on any atom is 0.404 e. The van der Waals surface area contributed by atoms with Crippen molar-refractivity contribution in [3.8, 4) is 0 Å². The van der Waals surface area contributed by atoms with E-state index in [0.29, 0.717) is 12.2 Å². The Hall–Kier alpha value is -2.05. The number of aromatic amines is 1. The van der Waals surface area contributed by atoms with Crippen LogP contribution in [0.15, 0.2) is 12.3 Å². The molecule has 114 valence electrons. The van der Waals surface area contributed by atoms with Gasteiger partial charge in [0, 0.05) is 12.1 Å². The molecule has 0 aromatic carbocycles. The summed E-state index contributed by atoms with van der Waals surface area (Å²) in [5.74, 6) is 0.611. The number of nitrogens with one attached hydrogen (secondary N) is 3. The van der Waals surface area contributed by atoms with Crippen LogP contribution in [0.3, 0.4) is 0 Å². The molecule has 0 unspecified atom stereocenters. The van der Waals surface area contributed by atoms with Crippen LogP contribution in [0.5, 0.6) is 0 Å². The predicted octanol–water partition coefficient (Wildman–Crippen LogP) is 2.59. The van der Waals surface area contributed by atoms with E-state index in [2.05, 4.69) is 20.8 Å². The zero-order chi connectivity index (χ0) is 15.2. The Labute approximate surface area is 119 Å². The van der Waals surface area contributed by atoms with E-state index in [1.54, 1.807) is 26.1 Å². The minimum absolute atomic E-state index is 0.0255. The molecule has 1 aliphatic carbocycles. The Kier molecular flexibility index (Phi) is 10.8. The summed E-state index contributed by atoms with van der Waals surface area (Å²) >= 11 is 0. The lowest BCUT2D eigenvalue weighted by Gasteiger charge is -2.00. The minimum atomic E-state index is -0.963. The monoisotopic (exact) mass is 284 g/mol. The molecule has 1 fully saturated rings. The highest BCUT2D eigenvalue weighted by Crippen LogP contribution is 2.15. The topological polar surface area (TPSA) is 107 Å². The highest BCUT2D eigenvalue weighted by Gasteiger charge is 1.95. The summed E-state index contributed by atoms with van der Waals surface area (Å²) in [6.07, 6.45) is 8.69. The maximum atomic E-state index is 9.71. The van der Waals surface area contributed by atoms with Gasteiger partial charge in [-0.15, -0.1) is 0 Å². The lowest BCUT2D eigenvalue weighted by atomic mass is 10.4. The number of nitrogens with zero attached hydrogens (tertiary/aromatic N) is 1. The average Bonchev–Trinajstić information content (AvgIpc) is 3.04. The summed E-state index contributed by atoms with van der Waals surface area (Å²) in [5, 5.41) is 18.7. The van der Waals surface area contributed by atoms with E-state index in [4.69, 9.17) is 5.11 Å². The van der Waals surface area contributed by atoms with Crippen LogP contribution in [0.4, 0.5) is 10.6 Å². The normalized spacial score (nSPS) is 12.6. The minimum Gasteiger partial charge on any atom is -0.465 e. The highest BCUT2D eigenvalue weighted by molar-refractivity contribution is 5.68. The van der Waals surface area contributed by atoms with Gasteiger partial charge in [0.25, 0.3) is 0 Å². The van der Waals surface area contributed by atoms with Crippen LogP contribution in [0.2, 0.25) is 0 Å². The Bertz CT molecular complexity index is 341. The van der Waals surface area contributed by atoms with Gasteiger partial charge in [0.2, 0.25) is 6.41 Å². The van der Waals surface area contributed by atoms with Crippen LogP contribution >= 0.6 is 0 Å². The number of H-pyrrole nitrogens is 1. The van der Waals surface area contributed by atoms with Gasteiger partial charge in [0.15, 0.2) is 0 Å². The summed E-state index contributed by atoms with van der Waals surface area (Å²) in [5.41, 5.74) is 0. The van der Waals surface area contributed by atoms with Crippen molar-refractivity contribution >= 4 is 18.3 Å². The molecule has 0 saturated heterocycles. The predicted molar refractivity (Wildman–Crippen MR) is 77.7 cm³/mol. The number of hydrogen-bond donors (Lipinski definition) is 4. The van der Waals surface area contributed by atoms with Crippen LogP contribution in [0.1, 0.15) is 46.0 Å². The van der Waals surface area contributed by atoms with Gasteiger partial charge in [0.1, 0.15) is 5.82 Å². The standard InChI is InChI=1S/C5H10.C4H5N3O.C4H9NO2/c1-2-4-5-3-1;8-3-5-4-1-2-6-7-4;1-3(2)5-4(6)7/h1-5H2;1-3H,(H2,5,6,7,8);3,5H,1-2H3,(H,6,7). The zero-order valence-corrected chi connectivity index (χ0v) is 12.1. The number of anilines is 1. The third-order valence-corrected chi connectivity index (χ3v) is 2.38. The third kappa shape index (κ3) is 12.4. The third-order valence-electron chi connectivity index (χ3n) is 2.38. The molecule has 0 aliphatic heterocycles. The number of carbonyl (C=O) groups is 2. The molecule has 0 spiro atoms. The molecule has 7 heteroatoms. The first-order chi connectivity index (χ1) is 9.56. The van der Waals surface area contributed by atoms with Crippen molar-refractivity contribution in [3.05, 3.63) is 12.3 Å². The lowest BCUT2D eigenvalue weighted by molar-refractivity contribution is -0.105. The summed E-state index contributed by atoms with van der Waals surface area (Å²) in [7, 11) is 0. The van der Waals surface area contributed by atoms with Crippen LogP contribution in [-0.2, 0) is 4.79 Å². The van der Waals surface area contributed by atoms with Crippen LogP contribution < -0.4 is 10.6 Å². The molecular weight excluding hydrogens is 260 g/mol.